The van der Waals surface area contributed by atoms with Crippen LogP contribution in [0.2, 0.25) is 0 Å². The number of imidazole rings is 1. The summed E-state index contributed by atoms with van der Waals surface area (Å²) in [7, 11) is 0. The van der Waals surface area contributed by atoms with E-state index in [4.69, 9.17) is 10.5 Å². The lowest BCUT2D eigenvalue weighted by Crippen LogP contribution is -2.35. The molecule has 6 N–H and O–H groups in total. The highest BCUT2D eigenvalue weighted by atomic mass is 16.6. The van der Waals surface area contributed by atoms with Crippen molar-refractivity contribution in [3.63, 3.8) is 0 Å². The molecule has 2 aliphatic rings. The molecule has 4 heterocycles. The maximum atomic E-state index is 10.3. The van der Waals surface area contributed by atoms with Crippen LogP contribution in [-0.2, 0) is 4.74 Å². The Balaban J connectivity index is 1.67. The summed E-state index contributed by atoms with van der Waals surface area (Å²) < 4.78 is 7.06. The Morgan fingerprint density at radius 1 is 1.19 bits per heavy atom. The maximum absolute atomic E-state index is 10.3. The standard InChI is InChI=1S/C15H23N7O4/c16-15-18-12(20-21-4-2-1-3-5-21)9-13(19-15)22(7-17-9)14-11(25)10(24)8(6-23)26-14/h7-8,10-11,14,23-25H,1-6H2,(H3,16,18,19,20)/t8-,10-,11-,14-/m1/s1. The van der Waals surface area contributed by atoms with Crippen molar-refractivity contribution in [2.75, 3.05) is 30.9 Å². The molecule has 2 fully saturated rings. The molecule has 4 atom stereocenters. The molecule has 11 nitrogen and oxygen atoms in total. The highest BCUT2D eigenvalue weighted by Gasteiger charge is 2.44. The lowest BCUT2D eigenvalue weighted by atomic mass is 10.1. The summed E-state index contributed by atoms with van der Waals surface area (Å²) in [6.07, 6.45) is 0.648. The summed E-state index contributed by atoms with van der Waals surface area (Å²) in [5.74, 6) is 0.547. The van der Waals surface area contributed by atoms with E-state index in [9.17, 15) is 15.3 Å². The van der Waals surface area contributed by atoms with Crippen LogP contribution in [0.15, 0.2) is 6.33 Å². The van der Waals surface area contributed by atoms with E-state index in [-0.39, 0.29) is 5.95 Å². The van der Waals surface area contributed by atoms with Gasteiger partial charge in [-0.15, -0.1) is 0 Å². The third kappa shape index (κ3) is 2.97. The van der Waals surface area contributed by atoms with Crippen LogP contribution in [-0.4, -0.2) is 77.9 Å². The zero-order chi connectivity index (χ0) is 18.3. The molecule has 2 aliphatic heterocycles. The normalized spacial score (nSPS) is 30.1. The van der Waals surface area contributed by atoms with Gasteiger partial charge in [0.25, 0.3) is 0 Å². The summed E-state index contributed by atoms with van der Waals surface area (Å²) in [5, 5.41) is 31.6. The number of aromatic nitrogens is 4. The van der Waals surface area contributed by atoms with E-state index in [0.29, 0.717) is 17.0 Å². The number of nitrogens with one attached hydrogen (secondary N) is 1. The van der Waals surface area contributed by atoms with E-state index in [1.54, 1.807) is 0 Å². The van der Waals surface area contributed by atoms with Crippen LogP contribution in [0.25, 0.3) is 11.2 Å². The zero-order valence-electron chi connectivity index (χ0n) is 14.2. The summed E-state index contributed by atoms with van der Waals surface area (Å²) in [6.45, 7) is 1.40. The van der Waals surface area contributed by atoms with Crippen LogP contribution in [0, 0.1) is 0 Å². The largest absolute Gasteiger partial charge is 0.394 e. The molecule has 0 unspecified atom stereocenters. The topological polar surface area (TPSA) is 155 Å². The average molecular weight is 365 g/mol. The van der Waals surface area contributed by atoms with Crippen molar-refractivity contribution in [2.45, 2.75) is 43.8 Å². The fourth-order valence-corrected chi connectivity index (χ4v) is 3.46. The lowest BCUT2D eigenvalue weighted by molar-refractivity contribution is -0.0511. The van der Waals surface area contributed by atoms with Crippen molar-refractivity contribution < 1.29 is 20.1 Å². The van der Waals surface area contributed by atoms with Gasteiger partial charge >= 0.3 is 0 Å². The molecule has 0 radical (unpaired) electrons. The molecule has 0 aliphatic carbocycles. The number of hydrazine groups is 1. The molecule has 0 spiro atoms. The summed E-state index contributed by atoms with van der Waals surface area (Å²) in [4.78, 5) is 12.8. The fraction of sp³-hybridized carbons (Fsp3) is 0.667. The number of anilines is 2. The molecule has 4 rings (SSSR count). The van der Waals surface area contributed by atoms with Crippen molar-refractivity contribution in [3.05, 3.63) is 6.33 Å². The number of piperidine rings is 1. The fourth-order valence-electron chi connectivity index (χ4n) is 3.46. The monoisotopic (exact) mass is 365 g/mol. The van der Waals surface area contributed by atoms with Gasteiger partial charge in [-0.3, -0.25) is 4.57 Å². The Bertz CT molecular complexity index is 779. The van der Waals surface area contributed by atoms with Crippen LogP contribution in [0.5, 0.6) is 0 Å². The SMILES string of the molecule is Nc1nc(NN2CCCCC2)c2ncn([C@@H]3O[C@H](CO)[C@@H](O)[C@H]3O)c2n1. The molecule has 142 valence electrons. The van der Waals surface area contributed by atoms with Gasteiger partial charge in [0.05, 0.1) is 12.9 Å². The van der Waals surface area contributed by atoms with Gasteiger partial charge in [0.1, 0.15) is 18.3 Å². The molecule has 0 bridgehead atoms. The molecule has 0 aromatic carbocycles. The minimum Gasteiger partial charge on any atom is -0.394 e. The van der Waals surface area contributed by atoms with Crippen LogP contribution in [0.3, 0.4) is 0 Å². The summed E-state index contributed by atoms with van der Waals surface area (Å²) in [5.41, 5.74) is 9.97. The van der Waals surface area contributed by atoms with E-state index >= 15 is 0 Å². The minimum atomic E-state index is -1.22. The second-order valence-corrected chi connectivity index (χ2v) is 6.64. The highest BCUT2D eigenvalue weighted by Crippen LogP contribution is 2.32. The number of nitrogen functional groups attached to an aromatic ring is 1. The second kappa shape index (κ2) is 6.93. The third-order valence-corrected chi connectivity index (χ3v) is 4.85. The molecule has 11 heteroatoms. The van der Waals surface area contributed by atoms with Gasteiger partial charge in [-0.1, -0.05) is 6.42 Å². The van der Waals surface area contributed by atoms with E-state index in [1.807, 2.05) is 0 Å². The van der Waals surface area contributed by atoms with Crippen molar-refractivity contribution in [1.82, 2.24) is 24.5 Å². The van der Waals surface area contributed by atoms with Crippen LogP contribution >= 0.6 is 0 Å². The molecule has 0 amide bonds. The van der Waals surface area contributed by atoms with Crippen molar-refractivity contribution in [1.29, 1.82) is 0 Å². The van der Waals surface area contributed by atoms with Crippen LogP contribution < -0.4 is 11.2 Å². The van der Waals surface area contributed by atoms with Gasteiger partial charge in [0, 0.05) is 13.1 Å². The number of nitrogens with two attached hydrogens (primary N) is 1. The van der Waals surface area contributed by atoms with Gasteiger partial charge in [-0.2, -0.15) is 9.97 Å². The van der Waals surface area contributed by atoms with Gasteiger partial charge in [0.15, 0.2) is 23.2 Å². The molecular weight excluding hydrogens is 342 g/mol. The summed E-state index contributed by atoms with van der Waals surface area (Å²) >= 11 is 0. The first-order valence-electron chi connectivity index (χ1n) is 8.72. The second-order valence-electron chi connectivity index (χ2n) is 6.64. The Morgan fingerprint density at radius 3 is 2.65 bits per heavy atom. The number of nitrogens with zero attached hydrogens (tertiary/aromatic N) is 5. The predicted octanol–water partition coefficient (Wildman–Crippen LogP) is -1.17. The molecule has 26 heavy (non-hydrogen) atoms. The van der Waals surface area contributed by atoms with Crippen LogP contribution in [0.1, 0.15) is 25.5 Å². The van der Waals surface area contributed by atoms with Crippen molar-refractivity contribution in [2.24, 2.45) is 0 Å². The smallest absolute Gasteiger partial charge is 0.224 e. The molecular formula is C15H23N7O4. The number of rotatable bonds is 4. The molecule has 2 saturated heterocycles. The van der Waals surface area contributed by atoms with Crippen molar-refractivity contribution in [3.8, 4) is 0 Å². The Kier molecular flexibility index (Phi) is 4.63. The zero-order valence-corrected chi connectivity index (χ0v) is 14.2. The van der Waals surface area contributed by atoms with E-state index < -0.39 is 31.1 Å². The van der Waals surface area contributed by atoms with Gasteiger partial charge in [-0.05, 0) is 12.8 Å². The van der Waals surface area contributed by atoms with Crippen molar-refractivity contribution >= 4 is 22.9 Å². The number of ether oxygens (including phenoxy) is 1. The average Bonchev–Trinajstić information content (AvgIpc) is 3.17. The number of aliphatic hydroxyl groups is 3. The predicted molar refractivity (Wildman–Crippen MR) is 91.8 cm³/mol. The molecule has 0 saturated carbocycles. The van der Waals surface area contributed by atoms with Gasteiger partial charge in [-0.25, -0.2) is 9.99 Å². The number of hydrogen-bond acceptors (Lipinski definition) is 10. The minimum absolute atomic E-state index is 0.0607. The molecule has 2 aromatic heterocycles. The number of aliphatic hydroxyl groups excluding tert-OH is 3. The quantitative estimate of drug-likeness (QED) is 0.448. The van der Waals surface area contributed by atoms with E-state index in [1.165, 1.54) is 17.3 Å². The lowest BCUT2D eigenvalue weighted by Gasteiger charge is -2.27. The number of hydrogen-bond donors (Lipinski definition) is 5. The van der Waals surface area contributed by atoms with Crippen LogP contribution in [0.4, 0.5) is 11.8 Å². The van der Waals surface area contributed by atoms with E-state index in [0.717, 1.165) is 25.9 Å². The van der Waals surface area contributed by atoms with Gasteiger partial charge in [0.2, 0.25) is 5.95 Å². The highest BCUT2D eigenvalue weighted by molar-refractivity contribution is 5.84. The first-order valence-corrected chi connectivity index (χ1v) is 8.72. The first-order chi connectivity index (χ1) is 12.6. The third-order valence-electron chi connectivity index (χ3n) is 4.85. The first kappa shape index (κ1) is 17.4. The maximum Gasteiger partial charge on any atom is 0.224 e. The molecule has 2 aromatic rings. The van der Waals surface area contributed by atoms with E-state index in [2.05, 4.69) is 25.4 Å². The summed E-state index contributed by atoms with van der Waals surface area (Å²) in [6, 6.07) is 0. The Labute approximate surface area is 149 Å². The Hall–Kier alpha value is -2.05. The number of fused-ring (bicyclic) bond motifs is 1. The van der Waals surface area contributed by atoms with Gasteiger partial charge < -0.3 is 31.2 Å². The Morgan fingerprint density at radius 2 is 1.96 bits per heavy atom.